The summed E-state index contributed by atoms with van der Waals surface area (Å²) in [6.45, 7) is 1.55. The van der Waals surface area contributed by atoms with E-state index in [0.29, 0.717) is 0 Å². The van der Waals surface area contributed by atoms with Crippen molar-refractivity contribution in [2.45, 2.75) is 19.3 Å². The summed E-state index contributed by atoms with van der Waals surface area (Å²) in [4.78, 5) is 0. The first-order valence-corrected chi connectivity index (χ1v) is 7.96. The van der Waals surface area contributed by atoms with Gasteiger partial charge in [0, 0.05) is 0 Å². The minimum atomic E-state index is 0.773. The van der Waals surface area contributed by atoms with Crippen molar-refractivity contribution in [3.05, 3.63) is 60.7 Å². The van der Waals surface area contributed by atoms with E-state index in [1.54, 1.807) is 0 Å². The van der Waals surface area contributed by atoms with E-state index in [2.05, 4.69) is 11.5 Å². The van der Waals surface area contributed by atoms with Gasteiger partial charge in [0.05, 0.1) is 13.2 Å². The topological polar surface area (TPSA) is 70.5 Å². The minimum absolute atomic E-state index is 0.773. The summed E-state index contributed by atoms with van der Waals surface area (Å²) in [6, 6.07) is 19.9. The second-order valence-electron chi connectivity index (χ2n) is 4.38. The molecule has 0 saturated carbocycles. The van der Waals surface area contributed by atoms with Crippen molar-refractivity contribution >= 4 is 0 Å². The van der Waals surface area contributed by atoms with E-state index in [-0.39, 0.29) is 0 Å². The first-order chi connectivity index (χ1) is 11.4. The molecule has 0 heterocycles. The number of ether oxygens (including phenoxy) is 2. The molecule has 0 aliphatic heterocycles. The van der Waals surface area contributed by atoms with Gasteiger partial charge in [-0.25, -0.2) is 0 Å². The van der Waals surface area contributed by atoms with Crippen LogP contribution in [0.1, 0.15) is 19.3 Å². The maximum absolute atomic E-state index is 5.63. The van der Waals surface area contributed by atoms with E-state index in [1.807, 2.05) is 60.7 Å². The van der Waals surface area contributed by atoms with Crippen LogP contribution >= 0.6 is 0 Å². The van der Waals surface area contributed by atoms with Gasteiger partial charge in [-0.15, -0.1) is 0 Å². The van der Waals surface area contributed by atoms with E-state index in [4.69, 9.17) is 9.47 Å². The van der Waals surface area contributed by atoms with Crippen molar-refractivity contribution in [1.29, 1.82) is 0 Å². The summed E-state index contributed by atoms with van der Waals surface area (Å²) < 4.78 is 11.3. The molecule has 2 aromatic rings. The highest BCUT2D eigenvalue weighted by Crippen LogP contribution is 2.11. The number of rotatable bonds is 8. The summed E-state index contributed by atoms with van der Waals surface area (Å²) >= 11 is 0. The molecule has 0 aliphatic carbocycles. The number of nitrogens with two attached hydrogens (primary N) is 2. The smallest absolute Gasteiger partial charge is 0.119 e. The lowest BCUT2D eigenvalue weighted by molar-refractivity contribution is 0.279. The standard InChI is InChI=1S/C17H20O2.2CH5N/c1-4-10-16(11-5-1)18-14-8-3-9-15-19-17-12-6-2-7-13-17;2*1-2/h1-2,4-7,10-13H,3,8-9,14-15H2;2*2H2,1H3. The fourth-order valence-electron chi connectivity index (χ4n) is 1.79. The average Bonchev–Trinajstić information content (AvgIpc) is 2.66. The first-order valence-electron chi connectivity index (χ1n) is 7.96. The Labute approximate surface area is 140 Å². The van der Waals surface area contributed by atoms with Crippen molar-refractivity contribution in [2.24, 2.45) is 11.5 Å². The molecule has 2 rings (SSSR count). The van der Waals surface area contributed by atoms with E-state index in [9.17, 15) is 0 Å². The van der Waals surface area contributed by atoms with Gasteiger partial charge in [0.1, 0.15) is 11.5 Å². The zero-order valence-electron chi connectivity index (χ0n) is 14.3. The maximum atomic E-state index is 5.63. The first kappa shape index (κ1) is 21.0. The Balaban J connectivity index is 0.00000112. The summed E-state index contributed by atoms with van der Waals surface area (Å²) in [7, 11) is 3.00. The van der Waals surface area contributed by atoms with Crippen LogP contribution in [0.25, 0.3) is 0 Å². The molecule has 0 unspecified atom stereocenters. The molecule has 4 nitrogen and oxygen atoms in total. The van der Waals surface area contributed by atoms with Crippen LogP contribution in [0.4, 0.5) is 0 Å². The van der Waals surface area contributed by atoms with Crippen molar-refractivity contribution < 1.29 is 9.47 Å². The van der Waals surface area contributed by atoms with Crippen LogP contribution in [0.2, 0.25) is 0 Å². The van der Waals surface area contributed by atoms with E-state index >= 15 is 0 Å². The maximum Gasteiger partial charge on any atom is 0.119 e. The summed E-state index contributed by atoms with van der Waals surface area (Å²) in [6.07, 6.45) is 3.25. The molecule has 0 amide bonds. The normalized spacial score (nSPS) is 8.87. The molecule has 23 heavy (non-hydrogen) atoms. The van der Waals surface area contributed by atoms with Gasteiger partial charge in [0.15, 0.2) is 0 Å². The zero-order chi connectivity index (χ0) is 17.2. The second-order valence-corrected chi connectivity index (χ2v) is 4.38. The van der Waals surface area contributed by atoms with Crippen molar-refractivity contribution in [3.63, 3.8) is 0 Å². The molecule has 0 atom stereocenters. The van der Waals surface area contributed by atoms with E-state index < -0.39 is 0 Å². The molecular formula is C19H30N2O2. The minimum Gasteiger partial charge on any atom is -0.494 e. The fourth-order valence-corrected chi connectivity index (χ4v) is 1.79. The summed E-state index contributed by atoms with van der Waals surface area (Å²) in [5.41, 5.74) is 9.00. The van der Waals surface area contributed by atoms with Crippen LogP contribution in [0.3, 0.4) is 0 Å². The third-order valence-electron chi connectivity index (χ3n) is 2.81. The van der Waals surface area contributed by atoms with Crippen LogP contribution in [-0.4, -0.2) is 27.3 Å². The molecule has 0 aromatic heterocycles. The third-order valence-corrected chi connectivity index (χ3v) is 2.81. The highest BCUT2D eigenvalue weighted by molar-refractivity contribution is 5.21. The van der Waals surface area contributed by atoms with Gasteiger partial charge in [-0.05, 0) is 57.6 Å². The van der Waals surface area contributed by atoms with Crippen molar-refractivity contribution in [3.8, 4) is 11.5 Å². The number of para-hydroxylation sites is 2. The van der Waals surface area contributed by atoms with Crippen LogP contribution in [0, 0.1) is 0 Å². The molecule has 0 aliphatic rings. The highest BCUT2D eigenvalue weighted by atomic mass is 16.5. The lowest BCUT2D eigenvalue weighted by Gasteiger charge is -2.07. The molecule has 0 spiro atoms. The molecule has 128 valence electrons. The van der Waals surface area contributed by atoms with Gasteiger partial charge in [0.2, 0.25) is 0 Å². The quantitative estimate of drug-likeness (QED) is 0.731. The van der Waals surface area contributed by atoms with Gasteiger partial charge in [-0.1, -0.05) is 36.4 Å². The number of hydrogen-bond donors (Lipinski definition) is 2. The average molecular weight is 318 g/mol. The zero-order valence-corrected chi connectivity index (χ0v) is 14.3. The molecular weight excluding hydrogens is 288 g/mol. The Morgan fingerprint density at radius 2 is 0.913 bits per heavy atom. The molecule has 0 radical (unpaired) electrons. The predicted octanol–water partition coefficient (Wildman–Crippen LogP) is 3.46. The van der Waals surface area contributed by atoms with Gasteiger partial charge in [-0.3, -0.25) is 0 Å². The van der Waals surface area contributed by atoms with E-state index in [1.165, 1.54) is 14.1 Å². The van der Waals surface area contributed by atoms with E-state index in [0.717, 1.165) is 44.0 Å². The molecule has 4 heteroatoms. The summed E-state index contributed by atoms with van der Waals surface area (Å²) in [5.74, 6) is 1.89. The summed E-state index contributed by atoms with van der Waals surface area (Å²) in [5, 5.41) is 0. The Bertz CT molecular complexity index is 406. The monoisotopic (exact) mass is 318 g/mol. The molecule has 4 N–H and O–H groups in total. The Morgan fingerprint density at radius 3 is 1.26 bits per heavy atom. The van der Waals surface area contributed by atoms with Crippen molar-refractivity contribution in [1.82, 2.24) is 0 Å². The lowest BCUT2D eigenvalue weighted by atomic mass is 10.2. The number of benzene rings is 2. The third kappa shape index (κ3) is 11.2. The van der Waals surface area contributed by atoms with Crippen LogP contribution in [0.5, 0.6) is 11.5 Å². The van der Waals surface area contributed by atoms with Crippen LogP contribution in [0.15, 0.2) is 60.7 Å². The van der Waals surface area contributed by atoms with Gasteiger partial charge < -0.3 is 20.9 Å². The molecule has 0 saturated heterocycles. The highest BCUT2D eigenvalue weighted by Gasteiger charge is 1.94. The second kappa shape index (κ2) is 16.3. The van der Waals surface area contributed by atoms with Gasteiger partial charge in [-0.2, -0.15) is 0 Å². The fraction of sp³-hybridized carbons (Fsp3) is 0.368. The predicted molar refractivity (Wildman–Crippen MR) is 97.9 cm³/mol. The number of hydrogen-bond acceptors (Lipinski definition) is 4. The SMILES string of the molecule is CN.CN.c1ccc(OCCCCCOc2ccccc2)cc1. The molecule has 2 aromatic carbocycles. The molecule has 0 bridgehead atoms. The number of unbranched alkanes of at least 4 members (excludes halogenated alkanes) is 2. The largest absolute Gasteiger partial charge is 0.494 e. The Hall–Kier alpha value is -2.04. The van der Waals surface area contributed by atoms with Crippen LogP contribution in [-0.2, 0) is 0 Å². The van der Waals surface area contributed by atoms with Crippen LogP contribution < -0.4 is 20.9 Å². The van der Waals surface area contributed by atoms with Crippen molar-refractivity contribution in [2.75, 3.05) is 27.3 Å². The van der Waals surface area contributed by atoms with Gasteiger partial charge >= 0.3 is 0 Å². The lowest BCUT2D eigenvalue weighted by Crippen LogP contribution is -2.00. The molecule has 0 fully saturated rings. The van der Waals surface area contributed by atoms with Gasteiger partial charge in [0.25, 0.3) is 0 Å². The Morgan fingerprint density at radius 1 is 0.565 bits per heavy atom. The Kier molecular flexibility index (Phi) is 14.9.